The number of nitrogens with zero attached hydrogens (tertiary/aromatic N) is 1. The maximum Gasteiger partial charge on any atom is 0.136 e. The summed E-state index contributed by atoms with van der Waals surface area (Å²) in [7, 11) is 0. The Hall–Kier alpha value is -8.50. The van der Waals surface area contributed by atoms with Crippen LogP contribution in [0.5, 0.6) is 0 Å². The van der Waals surface area contributed by atoms with E-state index in [9.17, 15) is 0 Å². The predicted molar refractivity (Wildman–Crippen MR) is 287 cm³/mol. The highest BCUT2D eigenvalue weighted by Crippen LogP contribution is 2.60. The summed E-state index contributed by atoms with van der Waals surface area (Å²) in [5.74, 6) is 0. The minimum atomic E-state index is -0.542. The minimum absolute atomic E-state index is 0.542. The van der Waals surface area contributed by atoms with Gasteiger partial charge in [0.05, 0.1) is 16.8 Å². The van der Waals surface area contributed by atoms with E-state index in [1.807, 2.05) is 11.3 Å². The third-order valence-corrected chi connectivity index (χ3v) is 15.6. The van der Waals surface area contributed by atoms with Crippen molar-refractivity contribution in [3.05, 3.63) is 271 Å². The van der Waals surface area contributed by atoms with Crippen LogP contribution in [0.3, 0.4) is 0 Å². The lowest BCUT2D eigenvalue weighted by Crippen LogP contribution is -2.28. The number of thiophene rings is 1. The van der Waals surface area contributed by atoms with E-state index in [0.29, 0.717) is 0 Å². The van der Waals surface area contributed by atoms with Crippen molar-refractivity contribution in [2.24, 2.45) is 0 Å². The van der Waals surface area contributed by atoms with Crippen LogP contribution in [-0.2, 0) is 5.41 Å². The molecule has 13 aromatic rings. The van der Waals surface area contributed by atoms with Crippen molar-refractivity contribution in [2.45, 2.75) is 5.41 Å². The van der Waals surface area contributed by atoms with Gasteiger partial charge in [0.25, 0.3) is 0 Å². The van der Waals surface area contributed by atoms with Crippen LogP contribution in [0.25, 0.3) is 86.3 Å². The summed E-state index contributed by atoms with van der Waals surface area (Å²) in [6, 6.07) is 91.4. The lowest BCUT2D eigenvalue weighted by molar-refractivity contribution is 0.669. The number of para-hydroxylation sites is 1. The number of hydrogen-bond donors (Lipinski definition) is 0. The molecule has 2 nitrogen and oxygen atoms in total. The molecular weight excluding hydrogens is 843 g/mol. The van der Waals surface area contributed by atoms with Gasteiger partial charge in [-0.1, -0.05) is 194 Å². The van der Waals surface area contributed by atoms with Crippen LogP contribution in [0.2, 0.25) is 0 Å². The second-order valence-corrected chi connectivity index (χ2v) is 19.0. The third-order valence-electron chi connectivity index (χ3n) is 14.3. The van der Waals surface area contributed by atoms with Gasteiger partial charge in [-0.2, -0.15) is 0 Å². The molecule has 0 aliphatic heterocycles. The van der Waals surface area contributed by atoms with Crippen molar-refractivity contribution in [2.75, 3.05) is 4.90 Å². The number of benzene rings is 11. The number of furan rings is 1. The molecule has 0 unspecified atom stereocenters. The second-order valence-electron chi connectivity index (χ2n) is 17.9. The first kappa shape index (κ1) is 38.7. The second kappa shape index (κ2) is 15.3. The van der Waals surface area contributed by atoms with Crippen molar-refractivity contribution >= 4 is 81.3 Å². The molecule has 0 radical (unpaired) electrons. The monoisotopic (exact) mass is 883 g/mol. The van der Waals surface area contributed by atoms with Crippen LogP contribution in [0, 0.1) is 0 Å². The molecule has 3 heteroatoms. The molecule has 0 atom stereocenters. The molecular formula is C65H41NOS. The average molecular weight is 884 g/mol. The molecule has 0 fully saturated rings. The summed E-state index contributed by atoms with van der Waals surface area (Å²) in [6.07, 6.45) is 0. The molecule has 0 saturated heterocycles. The van der Waals surface area contributed by atoms with Gasteiger partial charge in [-0.25, -0.2) is 0 Å². The zero-order chi connectivity index (χ0) is 44.8. The molecule has 2 aromatic heterocycles. The number of anilines is 3. The summed E-state index contributed by atoms with van der Waals surface area (Å²) in [6.45, 7) is 0. The van der Waals surface area contributed by atoms with Crippen LogP contribution in [0.15, 0.2) is 253 Å². The van der Waals surface area contributed by atoms with Crippen molar-refractivity contribution in [3.63, 3.8) is 0 Å². The van der Waals surface area contributed by atoms with E-state index in [4.69, 9.17) is 4.42 Å². The van der Waals surface area contributed by atoms with Gasteiger partial charge in [0.15, 0.2) is 0 Å². The van der Waals surface area contributed by atoms with Gasteiger partial charge in [0.1, 0.15) is 11.2 Å². The van der Waals surface area contributed by atoms with Gasteiger partial charge in [-0.05, 0) is 110 Å². The zero-order valence-corrected chi connectivity index (χ0v) is 37.8. The van der Waals surface area contributed by atoms with Gasteiger partial charge >= 0.3 is 0 Å². The quantitative estimate of drug-likeness (QED) is 0.159. The minimum Gasteiger partial charge on any atom is -0.456 e. The molecule has 68 heavy (non-hydrogen) atoms. The van der Waals surface area contributed by atoms with Gasteiger partial charge in [0.2, 0.25) is 0 Å². The fourth-order valence-corrected chi connectivity index (χ4v) is 12.6. The van der Waals surface area contributed by atoms with Gasteiger partial charge in [-0.15, -0.1) is 11.3 Å². The molecule has 318 valence electrons. The van der Waals surface area contributed by atoms with Crippen LogP contribution in [-0.4, -0.2) is 0 Å². The highest BCUT2D eigenvalue weighted by atomic mass is 32.1. The standard InChI is InChI=1S/C65H41NOS/c1-3-19-46(20-4-1)65(47-21-5-2-6-22-47)56-28-12-9-25-53(56)63-57(65)29-16-31-59(63)66(48-36-33-42(34-37-48)50-26-15-27-52-51-24-11-14-32-62(51)68-64(50)52)58-30-13-10-23-49(58)45-35-38-60-54(40-45)55-39-43-17-7-8-18-44(43)41-61(55)67-60/h1-41H. The summed E-state index contributed by atoms with van der Waals surface area (Å²) in [5.41, 5.74) is 16.7. The Bertz CT molecular complexity index is 4050. The fraction of sp³-hybridized carbons (Fsp3) is 0.0154. The lowest BCUT2D eigenvalue weighted by atomic mass is 9.68. The number of rotatable bonds is 7. The first-order valence-corrected chi connectivity index (χ1v) is 24.1. The van der Waals surface area contributed by atoms with E-state index < -0.39 is 5.41 Å². The van der Waals surface area contributed by atoms with Crippen LogP contribution in [0.4, 0.5) is 17.1 Å². The molecule has 0 amide bonds. The molecule has 0 saturated carbocycles. The highest BCUT2D eigenvalue weighted by molar-refractivity contribution is 7.26. The fourth-order valence-electron chi connectivity index (χ4n) is 11.4. The lowest BCUT2D eigenvalue weighted by Gasteiger charge is -2.34. The normalized spacial score (nSPS) is 12.8. The van der Waals surface area contributed by atoms with Gasteiger partial charge in [-0.3, -0.25) is 0 Å². The van der Waals surface area contributed by atoms with Gasteiger partial charge < -0.3 is 9.32 Å². The van der Waals surface area contributed by atoms with Gasteiger partial charge in [0, 0.05) is 47.8 Å². The van der Waals surface area contributed by atoms with Crippen LogP contribution in [0.1, 0.15) is 22.3 Å². The zero-order valence-electron chi connectivity index (χ0n) is 36.9. The van der Waals surface area contributed by atoms with Crippen molar-refractivity contribution in [1.29, 1.82) is 0 Å². The molecule has 1 aliphatic carbocycles. The number of fused-ring (bicyclic) bond motifs is 10. The molecule has 0 spiro atoms. The largest absolute Gasteiger partial charge is 0.456 e. The Morgan fingerprint density at radius 3 is 1.76 bits per heavy atom. The Morgan fingerprint density at radius 2 is 0.956 bits per heavy atom. The predicted octanol–water partition coefficient (Wildman–Crippen LogP) is 18.3. The first-order valence-electron chi connectivity index (χ1n) is 23.3. The van der Waals surface area contributed by atoms with Crippen molar-refractivity contribution in [1.82, 2.24) is 0 Å². The smallest absolute Gasteiger partial charge is 0.136 e. The van der Waals surface area contributed by atoms with E-state index in [2.05, 4.69) is 254 Å². The Morgan fingerprint density at radius 1 is 0.368 bits per heavy atom. The Kier molecular flexibility index (Phi) is 8.71. The molecule has 1 aliphatic rings. The average Bonchev–Trinajstić information content (AvgIpc) is 4.07. The van der Waals surface area contributed by atoms with Crippen molar-refractivity contribution in [3.8, 4) is 33.4 Å². The van der Waals surface area contributed by atoms with Crippen molar-refractivity contribution < 1.29 is 4.42 Å². The van der Waals surface area contributed by atoms with E-state index >= 15 is 0 Å². The third kappa shape index (κ3) is 5.76. The number of hydrogen-bond acceptors (Lipinski definition) is 3. The summed E-state index contributed by atoms with van der Waals surface area (Å²) in [4.78, 5) is 2.51. The van der Waals surface area contributed by atoms with Crippen LogP contribution >= 0.6 is 11.3 Å². The summed E-state index contributed by atoms with van der Waals surface area (Å²) >= 11 is 1.88. The van der Waals surface area contributed by atoms with E-state index in [0.717, 1.165) is 50.1 Å². The molecule has 0 bridgehead atoms. The molecule has 11 aromatic carbocycles. The summed E-state index contributed by atoms with van der Waals surface area (Å²) in [5, 5.41) is 7.21. The van der Waals surface area contributed by atoms with E-state index in [1.54, 1.807) is 0 Å². The maximum atomic E-state index is 6.53. The van der Waals surface area contributed by atoms with Crippen LogP contribution < -0.4 is 4.90 Å². The van der Waals surface area contributed by atoms with E-state index in [1.165, 1.54) is 75.5 Å². The maximum absolute atomic E-state index is 6.53. The molecule has 14 rings (SSSR count). The highest BCUT2D eigenvalue weighted by Gasteiger charge is 2.47. The molecule has 2 heterocycles. The first-order chi connectivity index (χ1) is 33.7. The topological polar surface area (TPSA) is 16.4 Å². The Labute approximate surface area is 398 Å². The summed E-state index contributed by atoms with van der Waals surface area (Å²) < 4.78 is 9.15. The Balaban J connectivity index is 1.01. The van der Waals surface area contributed by atoms with E-state index in [-0.39, 0.29) is 0 Å². The molecule has 0 N–H and O–H groups in total. The SMILES string of the molecule is c1ccc(C2(c3ccccc3)c3ccccc3-c3c(N(c4ccc(-c5cccc6c5sc5ccccc56)cc4)c4ccccc4-c4ccc5oc6cc7ccccc7cc6c5c4)cccc32)cc1.